The maximum absolute atomic E-state index is 11.1. The third-order valence-corrected chi connectivity index (χ3v) is 4.14. The molecule has 0 unspecified atom stereocenters. The lowest BCUT2D eigenvalue weighted by molar-refractivity contribution is 0.0697. The highest BCUT2D eigenvalue weighted by atomic mass is 16.4. The molecule has 0 saturated heterocycles. The predicted octanol–water partition coefficient (Wildman–Crippen LogP) is 4.18. The number of carbonyl (C=O) groups is 1. The van der Waals surface area contributed by atoms with Crippen LogP contribution in [0.1, 0.15) is 56.3 Å². The van der Waals surface area contributed by atoms with Crippen LogP contribution in [0, 0.1) is 5.92 Å². The Morgan fingerprint density at radius 3 is 2.65 bits per heavy atom. The highest BCUT2D eigenvalue weighted by Gasteiger charge is 2.23. The predicted molar refractivity (Wildman–Crippen MR) is 82.5 cm³/mol. The monoisotopic (exact) mass is 275 g/mol. The number of hydrogen-bond donors (Lipinski definition) is 1. The van der Waals surface area contributed by atoms with E-state index in [-0.39, 0.29) is 0 Å². The first-order valence-corrected chi connectivity index (χ1v) is 7.68. The average molecular weight is 275 g/mol. The molecule has 110 valence electrons. The maximum atomic E-state index is 11.1. The summed E-state index contributed by atoms with van der Waals surface area (Å²) < 4.78 is 0. The number of anilines is 1. The van der Waals surface area contributed by atoms with Gasteiger partial charge >= 0.3 is 5.97 Å². The number of nitrogens with zero attached hydrogens (tertiary/aromatic N) is 1. The molecule has 1 N–H and O–H groups in total. The third-order valence-electron chi connectivity index (χ3n) is 4.14. The van der Waals surface area contributed by atoms with E-state index in [4.69, 9.17) is 5.11 Å². The summed E-state index contributed by atoms with van der Waals surface area (Å²) in [6, 6.07) is 7.97. The van der Waals surface area contributed by atoms with Gasteiger partial charge in [0.1, 0.15) is 0 Å². The second-order valence-corrected chi connectivity index (χ2v) is 6.17. The maximum Gasteiger partial charge on any atom is 0.335 e. The largest absolute Gasteiger partial charge is 0.478 e. The topological polar surface area (TPSA) is 40.5 Å². The van der Waals surface area contributed by atoms with Crippen LogP contribution in [-0.4, -0.2) is 23.7 Å². The van der Waals surface area contributed by atoms with Crippen molar-refractivity contribution in [2.24, 2.45) is 5.92 Å². The van der Waals surface area contributed by atoms with Gasteiger partial charge in [0.05, 0.1) is 5.56 Å². The van der Waals surface area contributed by atoms with Gasteiger partial charge in [-0.05, 0) is 43.4 Å². The summed E-state index contributed by atoms with van der Waals surface area (Å²) in [4.78, 5) is 13.6. The molecule has 0 heterocycles. The molecule has 3 nitrogen and oxygen atoms in total. The zero-order chi connectivity index (χ0) is 14.5. The molecule has 1 fully saturated rings. The molecule has 0 atom stereocenters. The Balaban J connectivity index is 2.20. The Kier molecular flexibility index (Phi) is 5.05. The Morgan fingerprint density at radius 1 is 1.35 bits per heavy atom. The third kappa shape index (κ3) is 3.75. The highest BCUT2D eigenvalue weighted by Crippen LogP contribution is 2.29. The zero-order valence-electron chi connectivity index (χ0n) is 12.5. The lowest BCUT2D eigenvalue weighted by Crippen LogP contribution is -2.34. The number of aromatic carboxylic acids is 1. The molecule has 0 aliphatic heterocycles. The van der Waals surface area contributed by atoms with E-state index >= 15 is 0 Å². The molecule has 0 spiro atoms. The summed E-state index contributed by atoms with van der Waals surface area (Å²) in [6.45, 7) is 5.49. The van der Waals surface area contributed by atoms with E-state index in [0.29, 0.717) is 17.5 Å². The Hall–Kier alpha value is -1.51. The first-order chi connectivity index (χ1) is 9.58. The van der Waals surface area contributed by atoms with E-state index in [0.717, 1.165) is 18.7 Å². The molecule has 1 aromatic rings. The molecular formula is C17H25NO2. The van der Waals surface area contributed by atoms with Gasteiger partial charge in [-0.3, -0.25) is 0 Å². The van der Waals surface area contributed by atoms with E-state index in [2.05, 4.69) is 18.7 Å². The van der Waals surface area contributed by atoms with Gasteiger partial charge in [-0.1, -0.05) is 32.8 Å². The standard InChI is InChI=1S/C17H25NO2/c1-13(2)10-11-18(15-7-3-4-8-15)16-9-5-6-14(12-16)17(19)20/h5-6,9,12-13,15H,3-4,7-8,10-11H2,1-2H3,(H,19,20). The van der Waals surface area contributed by atoms with Gasteiger partial charge in [0.2, 0.25) is 0 Å². The van der Waals surface area contributed by atoms with Crippen LogP contribution in [0.3, 0.4) is 0 Å². The molecule has 1 aliphatic rings. The molecular weight excluding hydrogens is 250 g/mol. The second kappa shape index (κ2) is 6.78. The Morgan fingerprint density at radius 2 is 2.05 bits per heavy atom. The zero-order valence-corrected chi connectivity index (χ0v) is 12.5. The first kappa shape index (κ1) is 14.9. The van der Waals surface area contributed by atoms with E-state index < -0.39 is 5.97 Å². The number of carboxylic acid groups (broad SMARTS) is 1. The number of hydrogen-bond acceptors (Lipinski definition) is 2. The van der Waals surface area contributed by atoms with Crippen LogP contribution in [0.5, 0.6) is 0 Å². The van der Waals surface area contributed by atoms with Gasteiger partial charge in [0, 0.05) is 18.3 Å². The van der Waals surface area contributed by atoms with Crippen LogP contribution in [-0.2, 0) is 0 Å². The summed E-state index contributed by atoms with van der Waals surface area (Å²) in [5.41, 5.74) is 1.45. The molecule has 0 aromatic heterocycles. The van der Waals surface area contributed by atoms with E-state index in [9.17, 15) is 4.79 Å². The van der Waals surface area contributed by atoms with Crippen molar-refractivity contribution < 1.29 is 9.90 Å². The quantitative estimate of drug-likeness (QED) is 0.846. The lowest BCUT2D eigenvalue weighted by atomic mass is 10.1. The Labute approximate surface area is 121 Å². The summed E-state index contributed by atoms with van der Waals surface area (Å²) in [6.07, 6.45) is 6.20. The van der Waals surface area contributed by atoms with Crippen molar-refractivity contribution in [2.75, 3.05) is 11.4 Å². The van der Waals surface area contributed by atoms with Crippen LogP contribution in [0.15, 0.2) is 24.3 Å². The van der Waals surface area contributed by atoms with Crippen LogP contribution >= 0.6 is 0 Å². The summed E-state index contributed by atoms with van der Waals surface area (Å²) in [5, 5.41) is 9.16. The van der Waals surface area contributed by atoms with Crippen molar-refractivity contribution in [1.82, 2.24) is 0 Å². The van der Waals surface area contributed by atoms with E-state index in [1.165, 1.54) is 25.7 Å². The molecule has 1 aromatic carbocycles. The fraction of sp³-hybridized carbons (Fsp3) is 0.588. The van der Waals surface area contributed by atoms with Gasteiger partial charge in [0.15, 0.2) is 0 Å². The number of rotatable bonds is 6. The second-order valence-electron chi connectivity index (χ2n) is 6.17. The minimum absolute atomic E-state index is 0.384. The van der Waals surface area contributed by atoms with Crippen molar-refractivity contribution in [3.8, 4) is 0 Å². The van der Waals surface area contributed by atoms with Gasteiger partial charge in [-0.25, -0.2) is 4.79 Å². The van der Waals surface area contributed by atoms with Crippen molar-refractivity contribution in [3.63, 3.8) is 0 Å². The molecule has 0 bridgehead atoms. The van der Waals surface area contributed by atoms with Gasteiger partial charge in [-0.15, -0.1) is 0 Å². The van der Waals surface area contributed by atoms with Gasteiger partial charge < -0.3 is 10.0 Å². The van der Waals surface area contributed by atoms with Crippen molar-refractivity contribution in [1.29, 1.82) is 0 Å². The summed E-state index contributed by atoms with van der Waals surface area (Å²) >= 11 is 0. The summed E-state index contributed by atoms with van der Waals surface area (Å²) in [5.74, 6) is -0.177. The first-order valence-electron chi connectivity index (χ1n) is 7.68. The Bertz CT molecular complexity index is 450. The minimum atomic E-state index is -0.845. The molecule has 2 rings (SSSR count). The van der Waals surface area contributed by atoms with Crippen LogP contribution in [0.25, 0.3) is 0 Å². The average Bonchev–Trinajstić information content (AvgIpc) is 2.93. The van der Waals surface area contributed by atoms with E-state index in [1.807, 2.05) is 18.2 Å². The molecule has 0 amide bonds. The molecule has 1 saturated carbocycles. The SMILES string of the molecule is CC(C)CCN(c1cccc(C(=O)O)c1)C1CCCC1. The van der Waals surface area contributed by atoms with Gasteiger partial charge in [0.25, 0.3) is 0 Å². The fourth-order valence-corrected chi connectivity index (χ4v) is 2.95. The van der Waals surface area contributed by atoms with E-state index in [1.54, 1.807) is 6.07 Å². The van der Waals surface area contributed by atoms with Crippen molar-refractivity contribution in [3.05, 3.63) is 29.8 Å². The fourth-order valence-electron chi connectivity index (χ4n) is 2.95. The number of benzene rings is 1. The normalized spacial score (nSPS) is 15.8. The number of carboxylic acids is 1. The highest BCUT2D eigenvalue weighted by molar-refractivity contribution is 5.88. The molecule has 0 radical (unpaired) electrons. The molecule has 20 heavy (non-hydrogen) atoms. The van der Waals surface area contributed by atoms with Crippen LogP contribution in [0.4, 0.5) is 5.69 Å². The van der Waals surface area contributed by atoms with Crippen molar-refractivity contribution in [2.45, 2.75) is 52.0 Å². The lowest BCUT2D eigenvalue weighted by Gasteiger charge is -2.32. The molecule has 3 heteroatoms. The van der Waals surface area contributed by atoms with Crippen LogP contribution in [0.2, 0.25) is 0 Å². The minimum Gasteiger partial charge on any atom is -0.478 e. The van der Waals surface area contributed by atoms with Gasteiger partial charge in [-0.2, -0.15) is 0 Å². The van der Waals surface area contributed by atoms with Crippen LogP contribution < -0.4 is 4.90 Å². The summed E-state index contributed by atoms with van der Waals surface area (Å²) in [7, 11) is 0. The smallest absolute Gasteiger partial charge is 0.335 e. The van der Waals surface area contributed by atoms with Crippen molar-refractivity contribution >= 4 is 11.7 Å². The molecule has 1 aliphatic carbocycles.